The van der Waals surface area contributed by atoms with E-state index < -0.39 is 6.04 Å². The molecule has 0 amide bonds. The number of hydrogen-bond acceptors (Lipinski definition) is 7. The van der Waals surface area contributed by atoms with Gasteiger partial charge in [-0.25, -0.2) is 0 Å². The van der Waals surface area contributed by atoms with Gasteiger partial charge in [-0.3, -0.25) is 4.79 Å². The highest BCUT2D eigenvalue weighted by atomic mass is 32.1. The zero-order chi connectivity index (χ0) is 24.1. The zero-order valence-corrected chi connectivity index (χ0v) is 20.9. The monoisotopic (exact) mass is 468 g/mol. The van der Waals surface area contributed by atoms with Crippen molar-refractivity contribution < 1.29 is 19.0 Å². The lowest BCUT2D eigenvalue weighted by atomic mass is 9.94. The second-order valence-electron chi connectivity index (χ2n) is 8.51. The van der Waals surface area contributed by atoms with E-state index in [0.717, 1.165) is 33.5 Å². The lowest BCUT2D eigenvalue weighted by molar-refractivity contribution is -0.120. The predicted octanol–water partition coefficient (Wildman–Crippen LogP) is 5.30. The topological polar surface area (TPSA) is 83.7 Å². The highest BCUT2D eigenvalue weighted by Crippen LogP contribution is 2.40. The fourth-order valence-electron chi connectivity index (χ4n) is 3.98. The molecule has 33 heavy (non-hydrogen) atoms. The van der Waals surface area contributed by atoms with E-state index in [2.05, 4.69) is 18.2 Å². The van der Waals surface area contributed by atoms with E-state index in [9.17, 15) is 4.79 Å². The van der Waals surface area contributed by atoms with Crippen LogP contribution >= 0.6 is 11.5 Å². The van der Waals surface area contributed by atoms with Gasteiger partial charge in [0.25, 0.3) is 0 Å². The Labute approximate surface area is 199 Å². The minimum absolute atomic E-state index is 0.0123. The lowest BCUT2D eigenvalue weighted by Gasteiger charge is -2.16. The van der Waals surface area contributed by atoms with Crippen LogP contribution in [0.1, 0.15) is 31.4 Å². The molecule has 0 aliphatic heterocycles. The summed E-state index contributed by atoms with van der Waals surface area (Å²) in [6.07, 6.45) is 0.894. The normalized spacial score (nSPS) is 12.0. The first kappa shape index (κ1) is 24.7. The van der Waals surface area contributed by atoms with Gasteiger partial charge in [0.15, 0.2) is 17.3 Å². The number of carbonyl (C=O) groups excluding carboxylic acids is 1. The molecule has 6 nitrogen and oxygen atoms in total. The van der Waals surface area contributed by atoms with E-state index in [1.54, 1.807) is 21.3 Å². The molecule has 0 radical (unpaired) electrons. The molecule has 3 aromatic rings. The van der Waals surface area contributed by atoms with Crippen LogP contribution in [-0.2, 0) is 11.2 Å². The van der Waals surface area contributed by atoms with E-state index >= 15 is 0 Å². The molecular weight excluding hydrogens is 436 g/mol. The average Bonchev–Trinajstić information content (AvgIpc) is 3.28. The Bertz CT molecular complexity index is 1120. The maximum absolute atomic E-state index is 12.8. The number of benzene rings is 2. The third-order valence-corrected chi connectivity index (χ3v) is 6.23. The van der Waals surface area contributed by atoms with Crippen molar-refractivity contribution in [3.63, 3.8) is 0 Å². The molecule has 1 unspecified atom stereocenters. The fourth-order valence-corrected chi connectivity index (χ4v) is 4.70. The van der Waals surface area contributed by atoms with Crippen molar-refractivity contribution >= 4 is 17.3 Å². The van der Waals surface area contributed by atoms with E-state index in [4.69, 9.17) is 19.9 Å². The molecule has 0 aliphatic rings. The number of rotatable bonds is 10. The second-order valence-corrected chi connectivity index (χ2v) is 9.14. The lowest BCUT2D eigenvalue weighted by Crippen LogP contribution is -2.33. The number of ether oxygens (including phenoxy) is 3. The molecule has 0 spiro atoms. The van der Waals surface area contributed by atoms with Crippen molar-refractivity contribution in [1.82, 2.24) is 4.37 Å². The fraction of sp³-hybridized carbons (Fsp3) is 0.385. The molecule has 1 aromatic heterocycles. The van der Waals surface area contributed by atoms with E-state index in [0.29, 0.717) is 29.6 Å². The number of nitrogens with zero attached hydrogens (tertiary/aromatic N) is 1. The number of ketones is 1. The van der Waals surface area contributed by atoms with E-state index in [1.807, 2.05) is 42.6 Å². The molecule has 2 aromatic carbocycles. The van der Waals surface area contributed by atoms with Gasteiger partial charge in [-0.1, -0.05) is 19.9 Å². The zero-order valence-electron chi connectivity index (χ0n) is 20.1. The van der Waals surface area contributed by atoms with E-state index in [1.165, 1.54) is 11.5 Å². The summed E-state index contributed by atoms with van der Waals surface area (Å²) in [5, 5.41) is 2.01. The van der Waals surface area contributed by atoms with Crippen LogP contribution in [0.5, 0.6) is 17.2 Å². The first-order chi connectivity index (χ1) is 15.8. The molecule has 0 saturated carbocycles. The van der Waals surface area contributed by atoms with Crippen LogP contribution in [-0.4, -0.2) is 37.5 Å². The molecule has 7 heteroatoms. The second kappa shape index (κ2) is 10.8. The third-order valence-electron chi connectivity index (χ3n) is 5.60. The third kappa shape index (κ3) is 5.54. The number of carbonyl (C=O) groups is 1. The van der Waals surface area contributed by atoms with Crippen LogP contribution in [0.2, 0.25) is 0 Å². The quantitative estimate of drug-likeness (QED) is 0.435. The summed E-state index contributed by atoms with van der Waals surface area (Å²) in [5.41, 5.74) is 11.7. The molecule has 0 saturated heterocycles. The summed E-state index contributed by atoms with van der Waals surface area (Å²) >= 11 is 1.39. The Kier molecular flexibility index (Phi) is 8.10. The number of hydrogen-bond donors (Lipinski definition) is 1. The van der Waals surface area contributed by atoms with E-state index in [-0.39, 0.29) is 12.2 Å². The minimum Gasteiger partial charge on any atom is -0.496 e. The van der Waals surface area contributed by atoms with Gasteiger partial charge in [0.2, 0.25) is 0 Å². The van der Waals surface area contributed by atoms with Crippen molar-refractivity contribution in [2.75, 3.05) is 21.3 Å². The number of methoxy groups -OCH3 is 3. The van der Waals surface area contributed by atoms with Crippen molar-refractivity contribution in [3.8, 4) is 39.6 Å². The van der Waals surface area contributed by atoms with Crippen LogP contribution in [0.25, 0.3) is 22.4 Å². The van der Waals surface area contributed by atoms with Crippen molar-refractivity contribution in [1.29, 1.82) is 0 Å². The first-order valence-corrected chi connectivity index (χ1v) is 11.8. The standard InChI is InChI=1S/C26H32N2O4S/c1-15(2)9-21(27)22(29)12-18-11-17(7-8-23(18)30-4)20-14-33-28-25(20)19-10-16(3)26(32-6)24(13-19)31-5/h7-8,10-11,13-15,21H,9,12,27H2,1-6H3. The number of aromatic nitrogens is 1. The van der Waals surface area contributed by atoms with Crippen molar-refractivity contribution in [2.24, 2.45) is 11.7 Å². The maximum Gasteiger partial charge on any atom is 0.163 e. The SMILES string of the molecule is COc1ccc(-c2csnc2-c2cc(C)c(OC)c(OC)c2)cc1CC(=O)C(N)CC(C)C. The molecular formula is C26H32N2O4S. The Balaban J connectivity index is 2.00. The van der Waals surface area contributed by atoms with Gasteiger partial charge in [0.1, 0.15) is 5.75 Å². The van der Waals surface area contributed by atoms with Gasteiger partial charge in [-0.05, 0) is 66.2 Å². The molecule has 176 valence electrons. The van der Waals surface area contributed by atoms with Gasteiger partial charge >= 0.3 is 0 Å². The van der Waals surface area contributed by atoms with Crippen LogP contribution in [0.15, 0.2) is 35.7 Å². The first-order valence-electron chi connectivity index (χ1n) is 10.9. The summed E-state index contributed by atoms with van der Waals surface area (Å²) in [4.78, 5) is 12.8. The maximum atomic E-state index is 12.8. The largest absolute Gasteiger partial charge is 0.496 e. The Hall–Kier alpha value is -2.90. The predicted molar refractivity (Wildman–Crippen MR) is 134 cm³/mol. The van der Waals surface area contributed by atoms with Crippen molar-refractivity contribution in [3.05, 3.63) is 46.8 Å². The summed E-state index contributed by atoms with van der Waals surface area (Å²) < 4.78 is 21.2. The summed E-state index contributed by atoms with van der Waals surface area (Å²) in [5.74, 6) is 2.42. The molecule has 1 heterocycles. The average molecular weight is 469 g/mol. The van der Waals surface area contributed by atoms with Gasteiger partial charge in [0, 0.05) is 28.5 Å². The van der Waals surface area contributed by atoms with Crippen LogP contribution < -0.4 is 19.9 Å². The van der Waals surface area contributed by atoms with Gasteiger partial charge in [-0.15, -0.1) is 0 Å². The Morgan fingerprint density at radius 2 is 1.76 bits per heavy atom. The van der Waals surface area contributed by atoms with Crippen LogP contribution in [0.4, 0.5) is 0 Å². The summed E-state index contributed by atoms with van der Waals surface area (Å²) in [6, 6.07) is 9.38. The van der Waals surface area contributed by atoms with Gasteiger partial charge in [0.05, 0.1) is 33.1 Å². The Morgan fingerprint density at radius 1 is 1.03 bits per heavy atom. The highest BCUT2D eigenvalue weighted by Gasteiger charge is 2.20. The smallest absolute Gasteiger partial charge is 0.163 e. The van der Waals surface area contributed by atoms with Crippen LogP contribution in [0.3, 0.4) is 0 Å². The molecule has 0 fully saturated rings. The molecule has 1 atom stereocenters. The number of aryl methyl sites for hydroxylation is 1. The minimum atomic E-state index is -0.480. The number of Topliss-reactive ketones (excluding diaryl/α,β-unsaturated/α-hetero) is 1. The summed E-state index contributed by atoms with van der Waals surface area (Å²) in [6.45, 7) is 6.11. The number of nitrogens with two attached hydrogens (primary N) is 1. The van der Waals surface area contributed by atoms with Crippen LogP contribution in [0, 0.1) is 12.8 Å². The highest BCUT2D eigenvalue weighted by molar-refractivity contribution is 7.04. The molecule has 0 aliphatic carbocycles. The van der Waals surface area contributed by atoms with Gasteiger partial charge in [-0.2, -0.15) is 4.37 Å². The van der Waals surface area contributed by atoms with Crippen molar-refractivity contribution in [2.45, 2.75) is 39.7 Å². The molecule has 2 N–H and O–H groups in total. The Morgan fingerprint density at radius 3 is 2.39 bits per heavy atom. The van der Waals surface area contributed by atoms with Gasteiger partial charge < -0.3 is 19.9 Å². The molecule has 0 bridgehead atoms. The summed E-state index contributed by atoms with van der Waals surface area (Å²) in [7, 11) is 4.87. The molecule has 3 rings (SSSR count).